The summed E-state index contributed by atoms with van der Waals surface area (Å²) in [7, 11) is 1.89. The van der Waals surface area contributed by atoms with Crippen molar-refractivity contribution in [2.45, 2.75) is 96.8 Å². The van der Waals surface area contributed by atoms with Crippen molar-refractivity contribution in [3.63, 3.8) is 0 Å². The van der Waals surface area contributed by atoms with Gasteiger partial charge in [-0.2, -0.15) is 0 Å². The van der Waals surface area contributed by atoms with Gasteiger partial charge in [-0.1, -0.05) is 60.1 Å². The molecular weight excluding hydrogens is 422 g/mol. The van der Waals surface area contributed by atoms with Gasteiger partial charge in [-0.25, -0.2) is 0 Å². The van der Waals surface area contributed by atoms with Gasteiger partial charge in [0.25, 0.3) is 0 Å². The Hall–Kier alpha value is -1.91. The van der Waals surface area contributed by atoms with Crippen LogP contribution in [0.2, 0.25) is 0 Å². The quantitative estimate of drug-likeness (QED) is 0.347. The van der Waals surface area contributed by atoms with Gasteiger partial charge in [0.05, 0.1) is 12.2 Å². The highest BCUT2D eigenvalue weighted by atomic mass is 16.3. The Kier molecular flexibility index (Phi) is 9.17. The Balaban J connectivity index is 1.41. The zero-order valence-electron chi connectivity index (χ0n) is 21.8. The largest absolute Gasteiger partial charge is 0.392 e. The Morgan fingerprint density at radius 3 is 2.71 bits per heavy atom. The molecule has 1 amide bonds. The van der Waals surface area contributed by atoms with Gasteiger partial charge in [-0.05, 0) is 77.2 Å². The normalized spacial score (nSPS) is 25.4. The Bertz CT molecular complexity index is 881. The average molecular weight is 468 g/mol. The molecule has 2 N–H and O–H groups in total. The SMILES string of the molecule is Cc1cccc(C[C@@H](O)/C=C/[C@@H]2[C@H]3CC(CCCCCC(=O)N(C)C(C)(C)C)=C[C@H]3C[C@H]2O)c1. The molecule has 0 aromatic heterocycles. The summed E-state index contributed by atoms with van der Waals surface area (Å²) in [6.07, 6.45) is 12.9. The number of unbranched alkanes of at least 4 members (excludes halogenated alkanes) is 2. The van der Waals surface area contributed by atoms with E-state index < -0.39 is 6.10 Å². The van der Waals surface area contributed by atoms with Crippen LogP contribution in [-0.2, 0) is 11.2 Å². The van der Waals surface area contributed by atoms with Gasteiger partial charge in [0, 0.05) is 31.3 Å². The van der Waals surface area contributed by atoms with Gasteiger partial charge in [0.15, 0.2) is 0 Å². The molecule has 0 bridgehead atoms. The van der Waals surface area contributed by atoms with Crippen molar-refractivity contribution in [1.82, 2.24) is 4.90 Å². The summed E-state index contributed by atoms with van der Waals surface area (Å²) in [5, 5.41) is 21.1. The van der Waals surface area contributed by atoms with Crippen LogP contribution in [0.4, 0.5) is 0 Å². The maximum Gasteiger partial charge on any atom is 0.222 e. The second kappa shape index (κ2) is 11.7. The molecule has 0 unspecified atom stereocenters. The van der Waals surface area contributed by atoms with E-state index in [1.807, 2.05) is 24.1 Å². The minimum Gasteiger partial charge on any atom is -0.392 e. The second-order valence-electron chi connectivity index (χ2n) is 11.6. The molecule has 188 valence electrons. The van der Waals surface area contributed by atoms with Gasteiger partial charge in [-0.15, -0.1) is 0 Å². The molecule has 3 rings (SSSR count). The zero-order chi connectivity index (χ0) is 24.9. The molecule has 5 atom stereocenters. The maximum absolute atomic E-state index is 12.3. The highest BCUT2D eigenvalue weighted by molar-refractivity contribution is 5.76. The predicted molar refractivity (Wildman–Crippen MR) is 139 cm³/mol. The van der Waals surface area contributed by atoms with Crippen molar-refractivity contribution in [3.8, 4) is 0 Å². The number of nitrogens with zero attached hydrogens (tertiary/aromatic N) is 1. The fourth-order valence-electron chi connectivity index (χ4n) is 5.54. The van der Waals surface area contributed by atoms with Crippen molar-refractivity contribution in [1.29, 1.82) is 0 Å². The molecule has 0 aliphatic heterocycles. The van der Waals surface area contributed by atoms with Crippen LogP contribution in [0.1, 0.15) is 76.8 Å². The third-order valence-corrected chi connectivity index (χ3v) is 7.80. The molecule has 0 spiro atoms. The zero-order valence-corrected chi connectivity index (χ0v) is 21.8. The summed E-state index contributed by atoms with van der Waals surface area (Å²) in [5.74, 6) is 1.26. The number of aliphatic hydroxyl groups is 2. The molecule has 0 saturated heterocycles. The van der Waals surface area contributed by atoms with E-state index in [-0.39, 0.29) is 23.5 Å². The van der Waals surface area contributed by atoms with Gasteiger partial charge in [0.1, 0.15) is 0 Å². The Morgan fingerprint density at radius 1 is 1.24 bits per heavy atom. The van der Waals surface area contributed by atoms with Crippen LogP contribution in [0.15, 0.2) is 48.1 Å². The number of rotatable bonds is 10. The molecule has 1 fully saturated rings. The molecule has 4 heteroatoms. The summed E-state index contributed by atoms with van der Waals surface area (Å²) in [6.45, 7) is 8.27. The first-order valence-corrected chi connectivity index (χ1v) is 13.1. The standard InChI is InChI=1S/C30H45NO3/c1-21-10-9-12-22(16-21)18-25(32)14-15-26-27-19-23(17-24(27)20-28(26)33)11-7-6-8-13-29(34)31(5)30(2,3)4/h9-10,12,14-17,24-28,32-33H,6-8,11,13,18-20H2,1-5H3/b15-14+/t24-,25-,26+,27-,28+/m0/s1. The van der Waals surface area contributed by atoms with E-state index in [2.05, 4.69) is 58.0 Å². The molecule has 1 saturated carbocycles. The molecule has 1 aromatic carbocycles. The smallest absolute Gasteiger partial charge is 0.222 e. The first-order valence-electron chi connectivity index (χ1n) is 13.1. The van der Waals surface area contributed by atoms with Crippen molar-refractivity contribution >= 4 is 5.91 Å². The lowest BCUT2D eigenvalue weighted by atomic mass is 9.88. The number of allylic oxidation sites excluding steroid dienone is 2. The van der Waals surface area contributed by atoms with Gasteiger partial charge in [0.2, 0.25) is 5.91 Å². The van der Waals surface area contributed by atoms with E-state index in [4.69, 9.17) is 0 Å². The first kappa shape index (κ1) is 26.7. The van der Waals surface area contributed by atoms with Crippen LogP contribution in [0.3, 0.4) is 0 Å². The minimum absolute atomic E-state index is 0.115. The number of hydrogen-bond donors (Lipinski definition) is 2. The summed E-state index contributed by atoms with van der Waals surface area (Å²) >= 11 is 0. The molecule has 0 heterocycles. The lowest BCUT2D eigenvalue weighted by Gasteiger charge is -2.32. The van der Waals surface area contributed by atoms with Crippen molar-refractivity contribution < 1.29 is 15.0 Å². The van der Waals surface area contributed by atoms with Gasteiger partial charge in [-0.3, -0.25) is 4.79 Å². The fourth-order valence-corrected chi connectivity index (χ4v) is 5.54. The Morgan fingerprint density at radius 2 is 2.00 bits per heavy atom. The molecule has 2 aliphatic carbocycles. The number of fused-ring (bicyclic) bond motifs is 1. The second-order valence-corrected chi connectivity index (χ2v) is 11.6. The Labute approximate surface area is 206 Å². The van der Waals surface area contributed by atoms with E-state index in [0.717, 1.165) is 44.1 Å². The molecule has 4 nitrogen and oxygen atoms in total. The highest BCUT2D eigenvalue weighted by Gasteiger charge is 2.43. The number of aliphatic hydroxyl groups excluding tert-OH is 2. The van der Waals surface area contributed by atoms with Crippen LogP contribution < -0.4 is 0 Å². The number of amides is 1. The fraction of sp³-hybridized carbons (Fsp3) is 0.633. The summed E-state index contributed by atoms with van der Waals surface area (Å²) in [4.78, 5) is 14.2. The molecule has 0 radical (unpaired) electrons. The van der Waals surface area contributed by atoms with E-state index >= 15 is 0 Å². The van der Waals surface area contributed by atoms with Crippen LogP contribution in [0, 0.1) is 24.7 Å². The lowest BCUT2D eigenvalue weighted by Crippen LogP contribution is -2.42. The van der Waals surface area contributed by atoms with Crippen molar-refractivity contribution in [3.05, 3.63) is 59.2 Å². The van der Waals surface area contributed by atoms with E-state index in [1.165, 1.54) is 11.1 Å². The topological polar surface area (TPSA) is 60.8 Å². The number of carbonyl (C=O) groups is 1. The van der Waals surface area contributed by atoms with E-state index in [9.17, 15) is 15.0 Å². The molecule has 34 heavy (non-hydrogen) atoms. The number of aryl methyl sites for hydroxylation is 1. The van der Waals surface area contributed by atoms with Crippen LogP contribution in [-0.4, -0.2) is 45.8 Å². The van der Waals surface area contributed by atoms with Crippen LogP contribution in [0.25, 0.3) is 0 Å². The van der Waals surface area contributed by atoms with Gasteiger partial charge >= 0.3 is 0 Å². The third kappa shape index (κ3) is 7.29. The van der Waals surface area contributed by atoms with Crippen molar-refractivity contribution in [2.75, 3.05) is 7.05 Å². The monoisotopic (exact) mass is 467 g/mol. The van der Waals surface area contributed by atoms with Gasteiger partial charge < -0.3 is 15.1 Å². The number of carbonyl (C=O) groups excluding carboxylic acids is 1. The predicted octanol–water partition coefficient (Wildman–Crippen LogP) is 5.61. The number of benzene rings is 1. The third-order valence-electron chi connectivity index (χ3n) is 7.80. The van der Waals surface area contributed by atoms with E-state index in [1.54, 1.807) is 0 Å². The van der Waals surface area contributed by atoms with E-state index in [0.29, 0.717) is 24.7 Å². The summed E-state index contributed by atoms with van der Waals surface area (Å²) in [6, 6.07) is 8.26. The number of hydrogen-bond acceptors (Lipinski definition) is 3. The minimum atomic E-state index is -0.526. The van der Waals surface area contributed by atoms with Crippen LogP contribution in [0.5, 0.6) is 0 Å². The van der Waals surface area contributed by atoms with Crippen LogP contribution >= 0.6 is 0 Å². The summed E-state index contributed by atoms with van der Waals surface area (Å²) < 4.78 is 0. The molecule has 1 aromatic rings. The molecule has 2 aliphatic rings. The average Bonchev–Trinajstić information content (AvgIpc) is 3.26. The molecular formula is C30H45NO3. The maximum atomic E-state index is 12.3. The lowest BCUT2D eigenvalue weighted by molar-refractivity contribution is -0.134. The summed E-state index contributed by atoms with van der Waals surface area (Å²) in [5.41, 5.74) is 3.74. The van der Waals surface area contributed by atoms with Crippen molar-refractivity contribution in [2.24, 2.45) is 17.8 Å². The first-order chi connectivity index (χ1) is 16.0. The highest BCUT2D eigenvalue weighted by Crippen LogP contribution is 2.48.